The van der Waals surface area contributed by atoms with Crippen LogP contribution in [0.1, 0.15) is 45.4 Å². The zero-order chi connectivity index (χ0) is 12.1. The van der Waals surface area contributed by atoms with Crippen molar-refractivity contribution in [3.05, 3.63) is 0 Å². The van der Waals surface area contributed by atoms with Crippen LogP contribution in [0.15, 0.2) is 0 Å². The van der Waals surface area contributed by atoms with E-state index >= 15 is 0 Å². The number of hydrogen-bond donors (Lipinski definition) is 2. The summed E-state index contributed by atoms with van der Waals surface area (Å²) in [4.78, 5) is 0. The number of hydrogen-bond acceptors (Lipinski definition) is 3. The van der Waals surface area contributed by atoms with E-state index in [9.17, 15) is 0 Å². The predicted octanol–water partition coefficient (Wildman–Crippen LogP) is 2.64. The van der Waals surface area contributed by atoms with Gasteiger partial charge in [0.1, 0.15) is 0 Å². The van der Waals surface area contributed by atoms with Gasteiger partial charge in [-0.15, -0.1) is 0 Å². The molecule has 1 heterocycles. The molecule has 0 aromatic rings. The molecule has 2 N–H and O–H groups in total. The molecule has 4 unspecified atom stereocenters. The SMILES string of the molecule is CSC(C)CNC1CCCC1C1CCCCN1. The van der Waals surface area contributed by atoms with Crippen LogP contribution >= 0.6 is 11.8 Å². The van der Waals surface area contributed by atoms with E-state index < -0.39 is 0 Å². The maximum Gasteiger partial charge on any atom is 0.0141 e. The van der Waals surface area contributed by atoms with Crippen molar-refractivity contribution in [2.45, 2.75) is 62.8 Å². The van der Waals surface area contributed by atoms with E-state index in [-0.39, 0.29) is 0 Å². The average molecular weight is 256 g/mol. The number of piperidine rings is 1. The molecule has 0 radical (unpaired) electrons. The first kappa shape index (κ1) is 13.7. The Morgan fingerprint density at radius 2 is 2.12 bits per heavy atom. The van der Waals surface area contributed by atoms with Crippen molar-refractivity contribution in [1.82, 2.24) is 10.6 Å². The molecule has 0 amide bonds. The quantitative estimate of drug-likeness (QED) is 0.791. The van der Waals surface area contributed by atoms with Crippen LogP contribution < -0.4 is 10.6 Å². The van der Waals surface area contributed by atoms with Gasteiger partial charge in [0.2, 0.25) is 0 Å². The zero-order valence-corrected chi connectivity index (χ0v) is 12.2. The number of thioether (sulfide) groups is 1. The lowest BCUT2D eigenvalue weighted by Crippen LogP contribution is -2.47. The summed E-state index contributed by atoms with van der Waals surface area (Å²) in [5.74, 6) is 0.893. The van der Waals surface area contributed by atoms with Gasteiger partial charge in [-0.25, -0.2) is 0 Å². The molecule has 2 nitrogen and oxygen atoms in total. The second kappa shape index (κ2) is 7.01. The Hall–Kier alpha value is 0.270. The minimum Gasteiger partial charge on any atom is -0.314 e. The van der Waals surface area contributed by atoms with Crippen LogP contribution in [0.25, 0.3) is 0 Å². The fourth-order valence-electron chi connectivity index (χ4n) is 3.37. The monoisotopic (exact) mass is 256 g/mol. The first-order valence-electron chi connectivity index (χ1n) is 7.31. The van der Waals surface area contributed by atoms with Crippen molar-refractivity contribution in [1.29, 1.82) is 0 Å². The van der Waals surface area contributed by atoms with Gasteiger partial charge in [-0.05, 0) is 44.4 Å². The van der Waals surface area contributed by atoms with Gasteiger partial charge >= 0.3 is 0 Å². The van der Waals surface area contributed by atoms with Crippen molar-refractivity contribution in [3.63, 3.8) is 0 Å². The molecule has 3 heteroatoms. The Balaban J connectivity index is 1.79. The standard InChI is InChI=1S/C14H28N2S/c1-11(17-2)10-16-14-8-5-6-12(14)13-7-3-4-9-15-13/h11-16H,3-10H2,1-2H3. The van der Waals surface area contributed by atoms with Gasteiger partial charge < -0.3 is 10.6 Å². The second-order valence-electron chi connectivity index (χ2n) is 5.71. The Morgan fingerprint density at radius 1 is 1.24 bits per heavy atom. The third-order valence-corrected chi connectivity index (χ3v) is 5.48. The summed E-state index contributed by atoms with van der Waals surface area (Å²) in [5.41, 5.74) is 0. The molecule has 2 fully saturated rings. The van der Waals surface area contributed by atoms with Gasteiger partial charge in [-0.1, -0.05) is 19.8 Å². The highest BCUT2D eigenvalue weighted by Crippen LogP contribution is 2.31. The van der Waals surface area contributed by atoms with Crippen molar-refractivity contribution in [3.8, 4) is 0 Å². The van der Waals surface area contributed by atoms with Crippen LogP contribution in [0.2, 0.25) is 0 Å². The third kappa shape index (κ3) is 3.87. The molecule has 0 aromatic heterocycles. The molecular weight excluding hydrogens is 228 g/mol. The summed E-state index contributed by atoms with van der Waals surface area (Å²) in [5, 5.41) is 8.31. The molecule has 1 saturated heterocycles. The smallest absolute Gasteiger partial charge is 0.0141 e. The summed E-state index contributed by atoms with van der Waals surface area (Å²) < 4.78 is 0. The fourth-order valence-corrected chi connectivity index (χ4v) is 3.63. The highest BCUT2D eigenvalue weighted by molar-refractivity contribution is 7.99. The lowest BCUT2D eigenvalue weighted by molar-refractivity contribution is 0.258. The van der Waals surface area contributed by atoms with Crippen LogP contribution in [-0.4, -0.2) is 36.7 Å². The second-order valence-corrected chi connectivity index (χ2v) is 6.99. The molecule has 4 atom stereocenters. The van der Waals surface area contributed by atoms with Crippen molar-refractivity contribution >= 4 is 11.8 Å². The summed E-state index contributed by atoms with van der Waals surface area (Å²) in [6, 6.07) is 1.58. The molecule has 1 saturated carbocycles. The highest BCUT2D eigenvalue weighted by Gasteiger charge is 2.33. The van der Waals surface area contributed by atoms with Crippen molar-refractivity contribution in [2.24, 2.45) is 5.92 Å². The number of nitrogens with one attached hydrogen (secondary N) is 2. The topological polar surface area (TPSA) is 24.1 Å². The van der Waals surface area contributed by atoms with Gasteiger partial charge in [-0.2, -0.15) is 11.8 Å². The molecular formula is C14H28N2S. The average Bonchev–Trinajstić information content (AvgIpc) is 2.85. The van der Waals surface area contributed by atoms with Gasteiger partial charge in [0, 0.05) is 23.9 Å². The Morgan fingerprint density at radius 3 is 2.82 bits per heavy atom. The molecule has 2 aliphatic rings. The van der Waals surface area contributed by atoms with E-state index in [1.165, 1.54) is 51.6 Å². The largest absolute Gasteiger partial charge is 0.314 e. The molecule has 0 aromatic carbocycles. The van der Waals surface area contributed by atoms with Gasteiger partial charge in [0.05, 0.1) is 0 Å². The summed E-state index contributed by atoms with van der Waals surface area (Å²) >= 11 is 1.97. The van der Waals surface area contributed by atoms with Crippen LogP contribution in [0, 0.1) is 5.92 Å². The predicted molar refractivity (Wildman–Crippen MR) is 77.8 cm³/mol. The van der Waals surface area contributed by atoms with E-state index in [1.54, 1.807) is 0 Å². The van der Waals surface area contributed by atoms with E-state index in [1.807, 2.05) is 11.8 Å². The van der Waals surface area contributed by atoms with E-state index in [4.69, 9.17) is 0 Å². The van der Waals surface area contributed by atoms with E-state index in [2.05, 4.69) is 23.8 Å². The van der Waals surface area contributed by atoms with Gasteiger partial charge in [0.15, 0.2) is 0 Å². The Bertz CT molecular complexity index is 216. The highest BCUT2D eigenvalue weighted by atomic mass is 32.2. The lowest BCUT2D eigenvalue weighted by atomic mass is 9.88. The van der Waals surface area contributed by atoms with E-state index in [0.717, 1.165) is 23.3 Å². The Kier molecular flexibility index (Phi) is 5.64. The summed E-state index contributed by atoms with van der Waals surface area (Å²) in [7, 11) is 0. The minimum atomic E-state index is 0.746. The molecule has 0 bridgehead atoms. The van der Waals surface area contributed by atoms with Crippen molar-refractivity contribution < 1.29 is 0 Å². The molecule has 17 heavy (non-hydrogen) atoms. The third-order valence-electron chi connectivity index (χ3n) is 4.50. The number of rotatable bonds is 5. The van der Waals surface area contributed by atoms with Crippen LogP contribution in [0.3, 0.4) is 0 Å². The Labute approximate surface area is 111 Å². The maximum absolute atomic E-state index is 3.82. The summed E-state index contributed by atoms with van der Waals surface area (Å²) in [6.45, 7) is 4.74. The van der Waals surface area contributed by atoms with Gasteiger partial charge in [-0.3, -0.25) is 0 Å². The maximum atomic E-state index is 3.82. The molecule has 1 aliphatic heterocycles. The first-order chi connectivity index (χ1) is 8.31. The normalized spacial score (nSPS) is 36.0. The van der Waals surface area contributed by atoms with E-state index in [0.29, 0.717) is 0 Å². The van der Waals surface area contributed by atoms with Gasteiger partial charge in [0.25, 0.3) is 0 Å². The molecule has 0 spiro atoms. The molecule has 1 aliphatic carbocycles. The molecule has 100 valence electrons. The molecule has 2 rings (SSSR count). The summed E-state index contributed by atoms with van der Waals surface area (Å²) in [6.07, 6.45) is 10.7. The first-order valence-corrected chi connectivity index (χ1v) is 8.59. The fraction of sp³-hybridized carbons (Fsp3) is 1.00. The zero-order valence-electron chi connectivity index (χ0n) is 11.4. The lowest BCUT2D eigenvalue weighted by Gasteiger charge is -2.33. The van der Waals surface area contributed by atoms with Crippen molar-refractivity contribution in [2.75, 3.05) is 19.3 Å². The van der Waals surface area contributed by atoms with Crippen LogP contribution in [0.4, 0.5) is 0 Å². The minimum absolute atomic E-state index is 0.746. The van der Waals surface area contributed by atoms with Crippen LogP contribution in [0.5, 0.6) is 0 Å². The van der Waals surface area contributed by atoms with Crippen LogP contribution in [-0.2, 0) is 0 Å².